The summed E-state index contributed by atoms with van der Waals surface area (Å²) < 4.78 is 2.56. The Kier molecular flexibility index (Phi) is 6.80. The molecule has 0 amide bonds. The lowest BCUT2D eigenvalue weighted by atomic mass is 10.3. The van der Waals surface area contributed by atoms with E-state index in [1.807, 2.05) is 47.9 Å². The van der Waals surface area contributed by atoms with Crippen LogP contribution in [0, 0.1) is 0 Å². The van der Waals surface area contributed by atoms with E-state index in [2.05, 4.69) is 25.8 Å². The van der Waals surface area contributed by atoms with Gasteiger partial charge in [-0.25, -0.2) is 4.99 Å². The molecule has 9 heteroatoms. The van der Waals surface area contributed by atoms with E-state index in [0.29, 0.717) is 29.9 Å². The highest BCUT2D eigenvalue weighted by Crippen LogP contribution is 2.26. The second kappa shape index (κ2) is 9.50. The number of para-hydroxylation sites is 1. The number of benzene rings is 1. The minimum Gasteiger partial charge on any atom is -0.386 e. The Bertz CT molecular complexity index is 879. The van der Waals surface area contributed by atoms with Crippen molar-refractivity contribution in [2.45, 2.75) is 19.6 Å². The number of aromatic nitrogens is 3. The van der Waals surface area contributed by atoms with Crippen molar-refractivity contribution in [3.05, 3.63) is 63.8 Å². The second-order valence-corrected chi connectivity index (χ2v) is 7.43. The zero-order valence-electron chi connectivity index (χ0n) is 14.8. The maximum atomic E-state index is 10.3. The fraction of sp³-hybridized carbons (Fsp3) is 0.278. The maximum absolute atomic E-state index is 10.3. The van der Waals surface area contributed by atoms with Crippen LogP contribution in [0.15, 0.2) is 53.8 Å². The molecule has 0 radical (unpaired) electrons. The van der Waals surface area contributed by atoms with E-state index >= 15 is 0 Å². The Hall–Kier alpha value is -2.42. The zero-order valence-corrected chi connectivity index (χ0v) is 16.4. The van der Waals surface area contributed by atoms with Crippen LogP contribution in [0.2, 0.25) is 4.34 Å². The minimum absolute atomic E-state index is 0.327. The summed E-state index contributed by atoms with van der Waals surface area (Å²) in [5.41, 5.74) is 0.982. The van der Waals surface area contributed by atoms with Crippen LogP contribution in [0.25, 0.3) is 5.69 Å². The first-order valence-corrected chi connectivity index (χ1v) is 9.76. The molecule has 3 N–H and O–H groups in total. The van der Waals surface area contributed by atoms with Gasteiger partial charge in [0.15, 0.2) is 11.8 Å². The number of nitrogens with one attached hydrogen (secondary N) is 2. The molecule has 2 aromatic heterocycles. The van der Waals surface area contributed by atoms with E-state index in [0.717, 1.165) is 16.4 Å². The third-order valence-electron chi connectivity index (χ3n) is 3.76. The molecular weight excluding hydrogens is 384 g/mol. The molecule has 0 spiro atoms. The monoisotopic (exact) mass is 404 g/mol. The Morgan fingerprint density at radius 3 is 2.78 bits per heavy atom. The zero-order chi connectivity index (χ0) is 19.1. The first-order valence-electron chi connectivity index (χ1n) is 8.57. The Balaban J connectivity index is 1.65. The minimum atomic E-state index is -0.653. The Labute approximate surface area is 166 Å². The number of nitrogens with zero attached hydrogens (tertiary/aromatic N) is 4. The van der Waals surface area contributed by atoms with Crippen LogP contribution in [0.1, 0.15) is 23.7 Å². The average molecular weight is 405 g/mol. The molecule has 0 bridgehead atoms. The Morgan fingerprint density at radius 1 is 1.26 bits per heavy atom. The smallest absolute Gasteiger partial charge is 0.191 e. The summed E-state index contributed by atoms with van der Waals surface area (Å²) in [7, 11) is 0. The number of rotatable bonds is 7. The molecule has 0 saturated carbocycles. The van der Waals surface area contributed by atoms with Gasteiger partial charge in [0.25, 0.3) is 0 Å². The van der Waals surface area contributed by atoms with Gasteiger partial charge in [0.1, 0.15) is 19.0 Å². The number of aliphatic hydroxyl groups excluding tert-OH is 1. The molecule has 0 aliphatic heterocycles. The molecule has 0 fully saturated rings. The van der Waals surface area contributed by atoms with Crippen molar-refractivity contribution < 1.29 is 5.11 Å². The van der Waals surface area contributed by atoms with E-state index in [1.165, 1.54) is 11.3 Å². The van der Waals surface area contributed by atoms with Gasteiger partial charge in [0.2, 0.25) is 0 Å². The van der Waals surface area contributed by atoms with E-state index in [1.54, 1.807) is 12.4 Å². The molecule has 7 nitrogen and oxygen atoms in total. The number of guanidine groups is 1. The lowest BCUT2D eigenvalue weighted by Gasteiger charge is -2.14. The van der Waals surface area contributed by atoms with Crippen LogP contribution < -0.4 is 10.6 Å². The largest absolute Gasteiger partial charge is 0.386 e. The molecule has 27 heavy (non-hydrogen) atoms. The fourth-order valence-electron chi connectivity index (χ4n) is 2.46. The average Bonchev–Trinajstić information content (AvgIpc) is 3.33. The van der Waals surface area contributed by atoms with Crippen molar-refractivity contribution in [3.63, 3.8) is 0 Å². The number of aliphatic hydroxyl groups is 1. The summed E-state index contributed by atoms with van der Waals surface area (Å²) in [6, 6.07) is 13.5. The molecule has 0 saturated heterocycles. The highest BCUT2D eigenvalue weighted by molar-refractivity contribution is 7.16. The summed E-state index contributed by atoms with van der Waals surface area (Å²) in [4.78, 5) is 5.36. The van der Waals surface area contributed by atoms with Gasteiger partial charge in [0.05, 0.1) is 4.34 Å². The molecule has 1 unspecified atom stereocenters. The number of halogens is 1. The first-order chi connectivity index (χ1) is 13.2. The Morgan fingerprint density at radius 2 is 2.07 bits per heavy atom. The van der Waals surface area contributed by atoms with Gasteiger partial charge >= 0.3 is 0 Å². The van der Waals surface area contributed by atoms with Crippen LogP contribution in [-0.4, -0.2) is 38.9 Å². The predicted octanol–water partition coefficient (Wildman–Crippen LogP) is 2.77. The van der Waals surface area contributed by atoms with E-state index in [-0.39, 0.29) is 0 Å². The summed E-state index contributed by atoms with van der Waals surface area (Å²) in [5.74, 6) is 1.32. The molecular formula is C18H21ClN6OS. The van der Waals surface area contributed by atoms with E-state index in [9.17, 15) is 5.11 Å². The molecule has 3 aromatic rings. The molecule has 1 aromatic carbocycles. The van der Waals surface area contributed by atoms with Gasteiger partial charge in [0, 0.05) is 23.7 Å². The van der Waals surface area contributed by atoms with Gasteiger partial charge in [-0.1, -0.05) is 29.8 Å². The number of thiophene rings is 1. The second-order valence-electron chi connectivity index (χ2n) is 5.69. The lowest BCUT2D eigenvalue weighted by molar-refractivity contribution is 0.184. The topological polar surface area (TPSA) is 87.4 Å². The van der Waals surface area contributed by atoms with Crippen LogP contribution >= 0.6 is 22.9 Å². The van der Waals surface area contributed by atoms with Crippen LogP contribution in [-0.2, 0) is 6.54 Å². The lowest BCUT2D eigenvalue weighted by Crippen LogP contribution is -2.39. The highest BCUT2D eigenvalue weighted by Gasteiger charge is 2.11. The number of hydrogen-bond acceptors (Lipinski definition) is 5. The van der Waals surface area contributed by atoms with Crippen molar-refractivity contribution in [2.75, 3.05) is 13.1 Å². The summed E-state index contributed by atoms with van der Waals surface area (Å²) in [6.07, 6.45) is 1.02. The summed E-state index contributed by atoms with van der Waals surface area (Å²) >= 11 is 7.29. The van der Waals surface area contributed by atoms with Crippen molar-refractivity contribution in [1.29, 1.82) is 0 Å². The number of aliphatic imine (C=N–C) groups is 1. The summed E-state index contributed by atoms with van der Waals surface area (Å²) in [5, 5.41) is 24.7. The predicted molar refractivity (Wildman–Crippen MR) is 108 cm³/mol. The third kappa shape index (κ3) is 5.29. The van der Waals surface area contributed by atoms with E-state index < -0.39 is 6.10 Å². The molecule has 3 rings (SSSR count). The summed E-state index contributed by atoms with van der Waals surface area (Å²) in [6.45, 7) is 3.37. The van der Waals surface area contributed by atoms with Gasteiger partial charge < -0.3 is 15.7 Å². The van der Waals surface area contributed by atoms with Crippen LogP contribution in [0.4, 0.5) is 0 Å². The molecule has 0 aliphatic carbocycles. The third-order valence-corrected chi connectivity index (χ3v) is 5.09. The van der Waals surface area contributed by atoms with Crippen molar-refractivity contribution in [3.8, 4) is 5.69 Å². The van der Waals surface area contributed by atoms with Crippen molar-refractivity contribution >= 4 is 28.9 Å². The first kappa shape index (κ1) is 19.3. The molecule has 2 heterocycles. The van der Waals surface area contributed by atoms with E-state index in [4.69, 9.17) is 11.6 Å². The highest BCUT2D eigenvalue weighted by atomic mass is 35.5. The molecule has 1 atom stereocenters. The van der Waals surface area contributed by atoms with Gasteiger partial charge in [-0.05, 0) is 31.2 Å². The fourth-order valence-corrected chi connectivity index (χ4v) is 3.51. The normalized spacial score (nSPS) is 12.8. The maximum Gasteiger partial charge on any atom is 0.191 e. The van der Waals surface area contributed by atoms with Gasteiger partial charge in [-0.2, -0.15) is 0 Å². The van der Waals surface area contributed by atoms with Crippen LogP contribution in [0.5, 0.6) is 0 Å². The van der Waals surface area contributed by atoms with Crippen molar-refractivity contribution in [2.24, 2.45) is 4.99 Å². The quantitative estimate of drug-likeness (QED) is 0.416. The van der Waals surface area contributed by atoms with Crippen LogP contribution in [0.3, 0.4) is 0 Å². The van der Waals surface area contributed by atoms with Gasteiger partial charge in [-0.3, -0.25) is 4.57 Å². The molecule has 0 aliphatic rings. The standard InChI is InChI=1S/C18H21ClN6OS/c1-2-20-18(21-10-14(26)15-8-9-16(19)27-15)22-11-17-24-23-12-25(17)13-6-4-3-5-7-13/h3-9,12,14,26H,2,10-11H2,1H3,(H2,20,21,22). The molecule has 142 valence electrons. The number of hydrogen-bond donors (Lipinski definition) is 3. The van der Waals surface area contributed by atoms with Gasteiger partial charge in [-0.15, -0.1) is 21.5 Å². The van der Waals surface area contributed by atoms with Crippen molar-refractivity contribution in [1.82, 2.24) is 25.4 Å². The SMILES string of the molecule is CCNC(=NCc1nncn1-c1ccccc1)NCC(O)c1ccc(Cl)s1.